The number of carbonyl (C=O) groups excluding carboxylic acids is 2. The van der Waals surface area contributed by atoms with Gasteiger partial charge in [0.25, 0.3) is 5.91 Å². The maximum atomic E-state index is 13.0. The van der Waals surface area contributed by atoms with Gasteiger partial charge in [0.2, 0.25) is 0 Å². The fraction of sp³-hybridized carbons (Fsp3) is 0.148. The van der Waals surface area contributed by atoms with E-state index < -0.39 is 24.4 Å². The molecule has 4 rings (SSSR count). The summed E-state index contributed by atoms with van der Waals surface area (Å²) in [6.45, 7) is -0.416. The Morgan fingerprint density at radius 3 is 2.11 bits per heavy atom. The molecule has 0 atom stereocenters. The summed E-state index contributed by atoms with van der Waals surface area (Å²) in [5.74, 6) is -0.385. The van der Waals surface area contributed by atoms with Crippen molar-refractivity contribution in [3.05, 3.63) is 95.4 Å². The number of esters is 1. The molecule has 8 heteroatoms. The van der Waals surface area contributed by atoms with Gasteiger partial charge in [-0.3, -0.25) is 14.9 Å². The van der Waals surface area contributed by atoms with E-state index in [-0.39, 0.29) is 0 Å². The van der Waals surface area contributed by atoms with Crippen molar-refractivity contribution in [2.24, 2.45) is 0 Å². The number of amides is 1. The molecule has 0 aliphatic rings. The number of hydrogen-bond acceptors (Lipinski definition) is 7. The van der Waals surface area contributed by atoms with Crippen LogP contribution in [-0.2, 0) is 14.3 Å². The van der Waals surface area contributed by atoms with E-state index in [0.29, 0.717) is 22.3 Å². The second-order valence-electron chi connectivity index (χ2n) is 7.52. The average molecular weight is 489 g/mol. The molecular weight excluding hydrogens is 464 g/mol. The van der Waals surface area contributed by atoms with Crippen LogP contribution in [0, 0.1) is 0 Å². The number of nitrogens with one attached hydrogen (secondary N) is 1. The normalized spacial score (nSPS) is 10.6. The Balaban J connectivity index is 1.40. The van der Waals surface area contributed by atoms with E-state index in [0.717, 1.165) is 16.7 Å². The van der Waals surface area contributed by atoms with Gasteiger partial charge in [-0.05, 0) is 29.3 Å². The lowest BCUT2D eigenvalue weighted by atomic mass is 9.91. The van der Waals surface area contributed by atoms with E-state index in [9.17, 15) is 9.59 Å². The molecule has 0 fully saturated rings. The van der Waals surface area contributed by atoms with E-state index >= 15 is 0 Å². The molecule has 1 N–H and O–H groups in total. The summed E-state index contributed by atoms with van der Waals surface area (Å²) in [4.78, 5) is 29.9. The molecule has 0 saturated heterocycles. The third-order valence-electron chi connectivity index (χ3n) is 5.28. The minimum absolute atomic E-state index is 0.401. The second kappa shape index (κ2) is 11.3. The second-order valence-corrected chi connectivity index (χ2v) is 8.38. The van der Waals surface area contributed by atoms with Crippen LogP contribution in [0.15, 0.2) is 84.2 Å². The fourth-order valence-corrected chi connectivity index (χ4v) is 4.33. The standard InChI is InChI=1S/C27H24N2O5S/c1-32-22-14-13-20(15-23(22)33-2)21-17-35-27(28-21)29-24(30)16-34-26(31)25(18-9-5-3-6-10-18)19-11-7-4-8-12-19/h3-15,17,25H,16H2,1-2H3,(H,28,29,30). The van der Waals surface area contributed by atoms with Crippen molar-refractivity contribution < 1.29 is 23.8 Å². The predicted molar refractivity (Wildman–Crippen MR) is 135 cm³/mol. The maximum Gasteiger partial charge on any atom is 0.318 e. The maximum absolute atomic E-state index is 13.0. The number of benzene rings is 3. The lowest BCUT2D eigenvalue weighted by Gasteiger charge is -2.16. The summed E-state index contributed by atoms with van der Waals surface area (Å²) < 4.78 is 16.0. The number of methoxy groups -OCH3 is 2. The Labute approximate surface area is 207 Å². The predicted octanol–water partition coefficient (Wildman–Crippen LogP) is 5.14. The highest BCUT2D eigenvalue weighted by Crippen LogP contribution is 2.33. The molecule has 0 radical (unpaired) electrons. The molecule has 1 amide bonds. The SMILES string of the molecule is COc1ccc(-c2csc(NC(=O)COC(=O)C(c3ccccc3)c3ccccc3)n2)cc1OC. The molecule has 3 aromatic carbocycles. The molecule has 0 spiro atoms. The van der Waals surface area contributed by atoms with Gasteiger partial charge >= 0.3 is 5.97 Å². The lowest BCUT2D eigenvalue weighted by Crippen LogP contribution is -2.24. The van der Waals surface area contributed by atoms with Gasteiger partial charge in [0.15, 0.2) is 23.2 Å². The minimum Gasteiger partial charge on any atom is -0.493 e. The zero-order valence-corrected chi connectivity index (χ0v) is 20.1. The van der Waals surface area contributed by atoms with Crippen LogP contribution in [0.5, 0.6) is 11.5 Å². The molecule has 4 aromatic rings. The first-order valence-electron chi connectivity index (χ1n) is 10.8. The number of thiazole rings is 1. The highest BCUT2D eigenvalue weighted by Gasteiger charge is 2.25. The Morgan fingerprint density at radius 2 is 1.51 bits per heavy atom. The Hall–Kier alpha value is -4.17. The molecule has 0 aliphatic heterocycles. The number of nitrogens with zero attached hydrogens (tertiary/aromatic N) is 1. The minimum atomic E-state index is -0.623. The lowest BCUT2D eigenvalue weighted by molar-refractivity contribution is -0.147. The molecule has 0 saturated carbocycles. The fourth-order valence-electron chi connectivity index (χ4n) is 3.59. The number of anilines is 1. The molecule has 7 nitrogen and oxygen atoms in total. The van der Waals surface area contributed by atoms with E-state index in [4.69, 9.17) is 14.2 Å². The van der Waals surface area contributed by atoms with Gasteiger partial charge < -0.3 is 14.2 Å². The summed E-state index contributed by atoms with van der Waals surface area (Å²) >= 11 is 1.27. The topological polar surface area (TPSA) is 86.8 Å². The number of hydrogen-bond donors (Lipinski definition) is 1. The molecular formula is C27H24N2O5S. The van der Waals surface area contributed by atoms with E-state index in [1.807, 2.05) is 78.2 Å². The Morgan fingerprint density at radius 1 is 0.886 bits per heavy atom. The van der Waals surface area contributed by atoms with Crippen LogP contribution in [0.25, 0.3) is 11.3 Å². The highest BCUT2D eigenvalue weighted by molar-refractivity contribution is 7.14. The first kappa shape index (κ1) is 24.0. The van der Waals surface area contributed by atoms with Crippen LogP contribution < -0.4 is 14.8 Å². The highest BCUT2D eigenvalue weighted by atomic mass is 32.1. The van der Waals surface area contributed by atoms with E-state index in [1.54, 1.807) is 20.3 Å². The molecule has 0 aliphatic carbocycles. The molecule has 35 heavy (non-hydrogen) atoms. The van der Waals surface area contributed by atoms with Gasteiger partial charge in [-0.1, -0.05) is 60.7 Å². The van der Waals surface area contributed by atoms with Crippen molar-refractivity contribution in [3.8, 4) is 22.8 Å². The van der Waals surface area contributed by atoms with Crippen LogP contribution in [0.4, 0.5) is 5.13 Å². The Bertz CT molecular complexity index is 1250. The first-order chi connectivity index (χ1) is 17.1. The zero-order chi connectivity index (χ0) is 24.6. The monoisotopic (exact) mass is 488 g/mol. The molecule has 0 bridgehead atoms. The summed E-state index contributed by atoms with van der Waals surface area (Å²) in [6.07, 6.45) is 0. The number of rotatable bonds is 9. The van der Waals surface area contributed by atoms with Gasteiger partial charge in [-0.25, -0.2) is 4.98 Å². The molecule has 1 aromatic heterocycles. The van der Waals surface area contributed by atoms with E-state index in [1.165, 1.54) is 11.3 Å². The van der Waals surface area contributed by atoms with Gasteiger partial charge in [-0.15, -0.1) is 11.3 Å². The smallest absolute Gasteiger partial charge is 0.318 e. The van der Waals surface area contributed by atoms with Crippen LogP contribution in [-0.4, -0.2) is 37.7 Å². The van der Waals surface area contributed by atoms with Gasteiger partial charge in [0.1, 0.15) is 5.92 Å². The quantitative estimate of drug-likeness (QED) is 0.328. The van der Waals surface area contributed by atoms with Gasteiger partial charge in [0, 0.05) is 10.9 Å². The van der Waals surface area contributed by atoms with Crippen LogP contribution in [0.1, 0.15) is 17.0 Å². The van der Waals surface area contributed by atoms with Crippen LogP contribution in [0.3, 0.4) is 0 Å². The van der Waals surface area contributed by atoms with Gasteiger partial charge in [-0.2, -0.15) is 0 Å². The average Bonchev–Trinajstić information content (AvgIpc) is 3.37. The summed E-state index contributed by atoms with van der Waals surface area (Å²) in [5, 5.41) is 4.92. The van der Waals surface area contributed by atoms with Crippen molar-refractivity contribution in [2.45, 2.75) is 5.92 Å². The molecule has 1 heterocycles. The summed E-state index contributed by atoms with van der Waals surface area (Å²) in [6, 6.07) is 24.2. The largest absolute Gasteiger partial charge is 0.493 e. The Kier molecular flexibility index (Phi) is 7.74. The van der Waals surface area contributed by atoms with Crippen LogP contribution >= 0.6 is 11.3 Å². The van der Waals surface area contributed by atoms with Crippen molar-refractivity contribution in [1.82, 2.24) is 4.98 Å². The first-order valence-corrected chi connectivity index (χ1v) is 11.7. The van der Waals surface area contributed by atoms with Gasteiger partial charge in [0.05, 0.1) is 19.9 Å². The van der Waals surface area contributed by atoms with Crippen molar-refractivity contribution in [2.75, 3.05) is 26.1 Å². The van der Waals surface area contributed by atoms with Crippen LogP contribution in [0.2, 0.25) is 0 Å². The zero-order valence-electron chi connectivity index (χ0n) is 19.3. The number of carbonyl (C=O) groups is 2. The van der Waals surface area contributed by atoms with Crippen molar-refractivity contribution >= 4 is 28.3 Å². The number of ether oxygens (including phenoxy) is 3. The third-order valence-corrected chi connectivity index (χ3v) is 6.03. The van der Waals surface area contributed by atoms with Crippen molar-refractivity contribution in [1.29, 1.82) is 0 Å². The van der Waals surface area contributed by atoms with Crippen molar-refractivity contribution in [3.63, 3.8) is 0 Å². The number of aromatic nitrogens is 1. The van der Waals surface area contributed by atoms with E-state index in [2.05, 4.69) is 10.3 Å². The molecule has 0 unspecified atom stereocenters. The summed E-state index contributed by atoms with van der Waals surface area (Å²) in [7, 11) is 3.14. The molecule has 178 valence electrons. The summed E-state index contributed by atoms with van der Waals surface area (Å²) in [5.41, 5.74) is 3.09. The third kappa shape index (κ3) is 5.85.